The van der Waals surface area contributed by atoms with Crippen LogP contribution in [-0.2, 0) is 4.79 Å². The molecule has 1 aromatic heterocycles. The molecule has 1 heterocycles. The molecule has 0 spiro atoms. The average Bonchev–Trinajstić information content (AvgIpc) is 2.42. The SMILES string of the molecule is Cc1nc(SC(C)CCC(=O)O)oc1C. The van der Waals surface area contributed by atoms with Gasteiger partial charge in [0.25, 0.3) is 5.22 Å². The average molecular weight is 229 g/mol. The summed E-state index contributed by atoms with van der Waals surface area (Å²) in [7, 11) is 0. The first-order valence-corrected chi connectivity index (χ1v) is 5.69. The maximum Gasteiger partial charge on any atom is 0.303 e. The molecule has 15 heavy (non-hydrogen) atoms. The molecule has 5 heteroatoms. The third-order valence-electron chi connectivity index (χ3n) is 2.08. The Balaban J connectivity index is 2.44. The van der Waals surface area contributed by atoms with E-state index >= 15 is 0 Å². The monoisotopic (exact) mass is 229 g/mol. The van der Waals surface area contributed by atoms with Gasteiger partial charge in [0.15, 0.2) is 0 Å². The molecule has 0 aromatic carbocycles. The predicted molar refractivity (Wildman–Crippen MR) is 58.2 cm³/mol. The number of rotatable bonds is 5. The topological polar surface area (TPSA) is 63.3 Å². The standard InChI is InChI=1S/C10H15NO3S/c1-6(4-5-9(12)13)15-10-11-7(2)8(3)14-10/h6H,4-5H2,1-3H3,(H,12,13). The van der Waals surface area contributed by atoms with Crippen LogP contribution in [0.15, 0.2) is 9.64 Å². The lowest BCUT2D eigenvalue weighted by molar-refractivity contribution is -0.137. The second-order valence-electron chi connectivity index (χ2n) is 3.48. The lowest BCUT2D eigenvalue weighted by Gasteiger charge is -2.05. The third-order valence-corrected chi connectivity index (χ3v) is 3.09. The minimum absolute atomic E-state index is 0.187. The van der Waals surface area contributed by atoms with Gasteiger partial charge in [0, 0.05) is 11.7 Å². The Morgan fingerprint density at radius 1 is 1.60 bits per heavy atom. The summed E-state index contributed by atoms with van der Waals surface area (Å²) >= 11 is 1.48. The van der Waals surface area contributed by atoms with Crippen LogP contribution in [0.3, 0.4) is 0 Å². The number of carbonyl (C=O) groups is 1. The number of carboxylic acids is 1. The van der Waals surface area contributed by atoms with Crippen molar-refractivity contribution in [3.05, 3.63) is 11.5 Å². The maximum absolute atomic E-state index is 10.4. The van der Waals surface area contributed by atoms with Crippen LogP contribution in [0.5, 0.6) is 0 Å². The van der Waals surface area contributed by atoms with Crippen molar-refractivity contribution in [1.29, 1.82) is 0 Å². The molecule has 0 radical (unpaired) electrons. The van der Waals surface area contributed by atoms with Gasteiger partial charge in [-0.1, -0.05) is 18.7 Å². The minimum Gasteiger partial charge on any atom is -0.481 e. The first kappa shape index (κ1) is 12.1. The zero-order valence-corrected chi connectivity index (χ0v) is 9.93. The van der Waals surface area contributed by atoms with Crippen molar-refractivity contribution in [3.63, 3.8) is 0 Å². The van der Waals surface area contributed by atoms with E-state index in [1.54, 1.807) is 0 Å². The van der Waals surface area contributed by atoms with Crippen LogP contribution in [0.25, 0.3) is 0 Å². The second kappa shape index (κ2) is 5.21. The Morgan fingerprint density at radius 3 is 2.73 bits per heavy atom. The smallest absolute Gasteiger partial charge is 0.303 e. The maximum atomic E-state index is 10.4. The molecule has 0 saturated heterocycles. The van der Waals surface area contributed by atoms with E-state index < -0.39 is 5.97 Å². The summed E-state index contributed by atoms with van der Waals surface area (Å²) in [5.74, 6) is 0.0603. The van der Waals surface area contributed by atoms with Crippen LogP contribution in [0.4, 0.5) is 0 Å². The van der Waals surface area contributed by atoms with E-state index in [9.17, 15) is 4.79 Å². The number of hydrogen-bond donors (Lipinski definition) is 1. The van der Waals surface area contributed by atoms with Crippen LogP contribution >= 0.6 is 11.8 Å². The van der Waals surface area contributed by atoms with Gasteiger partial charge in [-0.05, 0) is 20.3 Å². The summed E-state index contributed by atoms with van der Waals surface area (Å²) < 4.78 is 5.40. The quantitative estimate of drug-likeness (QED) is 0.786. The molecule has 1 atom stereocenters. The molecular weight excluding hydrogens is 214 g/mol. The van der Waals surface area contributed by atoms with Gasteiger partial charge >= 0.3 is 5.97 Å². The highest BCUT2D eigenvalue weighted by atomic mass is 32.2. The van der Waals surface area contributed by atoms with E-state index in [-0.39, 0.29) is 11.7 Å². The number of aryl methyl sites for hydroxylation is 2. The van der Waals surface area contributed by atoms with E-state index in [0.29, 0.717) is 11.6 Å². The zero-order chi connectivity index (χ0) is 11.4. The number of aromatic nitrogens is 1. The molecule has 0 aliphatic carbocycles. The summed E-state index contributed by atoms with van der Waals surface area (Å²) in [4.78, 5) is 14.6. The summed E-state index contributed by atoms with van der Waals surface area (Å²) in [5, 5.41) is 9.36. The van der Waals surface area contributed by atoms with Gasteiger partial charge in [-0.15, -0.1) is 0 Å². The molecule has 1 N–H and O–H groups in total. The van der Waals surface area contributed by atoms with Crippen molar-refractivity contribution in [2.24, 2.45) is 0 Å². The Hall–Kier alpha value is -0.970. The van der Waals surface area contributed by atoms with Gasteiger partial charge in [0.05, 0.1) is 5.69 Å². The lowest BCUT2D eigenvalue weighted by atomic mass is 10.2. The van der Waals surface area contributed by atoms with Crippen LogP contribution in [0.2, 0.25) is 0 Å². The fraction of sp³-hybridized carbons (Fsp3) is 0.600. The molecule has 4 nitrogen and oxygen atoms in total. The number of nitrogens with zero attached hydrogens (tertiary/aromatic N) is 1. The molecule has 1 rings (SSSR count). The van der Waals surface area contributed by atoms with Gasteiger partial charge in [-0.2, -0.15) is 0 Å². The molecular formula is C10H15NO3S. The fourth-order valence-corrected chi connectivity index (χ4v) is 1.99. The van der Waals surface area contributed by atoms with Crippen LogP contribution < -0.4 is 0 Å². The van der Waals surface area contributed by atoms with E-state index in [2.05, 4.69) is 4.98 Å². The number of thioether (sulfide) groups is 1. The molecule has 0 bridgehead atoms. The largest absolute Gasteiger partial charge is 0.481 e. The van der Waals surface area contributed by atoms with E-state index in [0.717, 1.165) is 11.5 Å². The summed E-state index contributed by atoms with van der Waals surface area (Å²) in [6, 6.07) is 0. The molecule has 0 saturated carbocycles. The fourth-order valence-electron chi connectivity index (χ4n) is 1.05. The van der Waals surface area contributed by atoms with Crippen LogP contribution in [-0.4, -0.2) is 21.3 Å². The number of aliphatic carboxylic acids is 1. The van der Waals surface area contributed by atoms with Crippen LogP contribution in [0.1, 0.15) is 31.2 Å². The summed E-state index contributed by atoms with van der Waals surface area (Å²) in [6.45, 7) is 5.74. The Bertz CT molecular complexity index is 329. The summed E-state index contributed by atoms with van der Waals surface area (Å²) in [5.41, 5.74) is 0.892. The Labute approximate surface area is 93.1 Å². The molecule has 0 fully saturated rings. The van der Waals surface area contributed by atoms with Gasteiger partial charge < -0.3 is 9.52 Å². The number of carboxylic acid groups (broad SMARTS) is 1. The van der Waals surface area contributed by atoms with E-state index in [4.69, 9.17) is 9.52 Å². The van der Waals surface area contributed by atoms with Gasteiger partial charge in [0.2, 0.25) is 0 Å². The highest BCUT2D eigenvalue weighted by Gasteiger charge is 2.12. The van der Waals surface area contributed by atoms with Gasteiger partial charge in [0.1, 0.15) is 5.76 Å². The van der Waals surface area contributed by atoms with Crippen molar-refractivity contribution in [2.45, 2.75) is 44.1 Å². The molecule has 0 amide bonds. The van der Waals surface area contributed by atoms with E-state index in [1.165, 1.54) is 11.8 Å². The van der Waals surface area contributed by atoms with Crippen molar-refractivity contribution in [2.75, 3.05) is 0 Å². The lowest BCUT2D eigenvalue weighted by Crippen LogP contribution is -2.02. The zero-order valence-electron chi connectivity index (χ0n) is 9.11. The number of hydrogen-bond acceptors (Lipinski definition) is 4. The number of oxazole rings is 1. The Kier molecular flexibility index (Phi) is 4.20. The summed E-state index contributed by atoms with van der Waals surface area (Å²) in [6.07, 6.45) is 0.813. The highest BCUT2D eigenvalue weighted by molar-refractivity contribution is 7.99. The first-order chi connectivity index (χ1) is 6.99. The normalized spacial score (nSPS) is 12.7. The van der Waals surface area contributed by atoms with Crippen molar-refractivity contribution in [1.82, 2.24) is 4.98 Å². The molecule has 1 aromatic rings. The van der Waals surface area contributed by atoms with Gasteiger partial charge in [-0.3, -0.25) is 4.79 Å². The molecule has 0 aliphatic heterocycles. The van der Waals surface area contributed by atoms with Crippen LogP contribution in [0, 0.1) is 13.8 Å². The molecule has 0 aliphatic rings. The second-order valence-corrected chi connectivity index (χ2v) is 4.87. The third kappa shape index (κ3) is 3.95. The van der Waals surface area contributed by atoms with E-state index in [1.807, 2.05) is 20.8 Å². The molecule has 84 valence electrons. The predicted octanol–water partition coefficient (Wildman–Crippen LogP) is 2.64. The highest BCUT2D eigenvalue weighted by Crippen LogP contribution is 2.26. The van der Waals surface area contributed by atoms with Crippen molar-refractivity contribution in [3.8, 4) is 0 Å². The Morgan fingerprint density at radius 2 is 2.27 bits per heavy atom. The van der Waals surface area contributed by atoms with Crippen molar-refractivity contribution < 1.29 is 14.3 Å². The first-order valence-electron chi connectivity index (χ1n) is 4.81. The van der Waals surface area contributed by atoms with Crippen molar-refractivity contribution >= 4 is 17.7 Å². The van der Waals surface area contributed by atoms with Gasteiger partial charge in [-0.25, -0.2) is 4.98 Å². The minimum atomic E-state index is -0.762. The molecule has 1 unspecified atom stereocenters.